The summed E-state index contributed by atoms with van der Waals surface area (Å²) < 4.78 is 0. The quantitative estimate of drug-likeness (QED) is 0.905. The molecule has 0 aliphatic heterocycles. The largest absolute Gasteiger partial charge is 0.330 e. The molecule has 1 rings (SSSR count). The van der Waals surface area contributed by atoms with Gasteiger partial charge in [0.15, 0.2) is 0 Å². The van der Waals surface area contributed by atoms with Crippen molar-refractivity contribution in [3.63, 3.8) is 0 Å². The van der Waals surface area contributed by atoms with Gasteiger partial charge in [-0.2, -0.15) is 0 Å². The summed E-state index contributed by atoms with van der Waals surface area (Å²) in [4.78, 5) is 13.4. The number of hydrogen-bond donors (Lipinski definition) is 1. The number of carbonyl (C=O) groups excluding carboxylic acids is 1. The van der Waals surface area contributed by atoms with Crippen LogP contribution in [-0.2, 0) is 4.79 Å². The Hall–Kier alpha value is -0.770. The number of nitrogens with zero attached hydrogens (tertiary/aromatic N) is 1. The van der Waals surface area contributed by atoms with Crippen LogP contribution in [0.2, 0.25) is 10.0 Å². The van der Waals surface area contributed by atoms with E-state index in [4.69, 9.17) is 28.9 Å². The minimum Gasteiger partial charge on any atom is -0.330 e. The van der Waals surface area contributed by atoms with Crippen molar-refractivity contribution in [3.8, 4) is 0 Å². The predicted molar refractivity (Wildman–Crippen MR) is 68.2 cm³/mol. The molecule has 0 atom stereocenters. The highest BCUT2D eigenvalue weighted by molar-refractivity contribution is 6.39. The average Bonchev–Trinajstić information content (AvgIpc) is 2.24. The highest BCUT2D eigenvalue weighted by atomic mass is 35.5. The number of rotatable bonds is 4. The molecule has 2 N–H and O–H groups in total. The van der Waals surface area contributed by atoms with Gasteiger partial charge in [0.25, 0.3) is 0 Å². The third kappa shape index (κ3) is 2.88. The monoisotopic (exact) mass is 260 g/mol. The Morgan fingerprint density at radius 1 is 1.38 bits per heavy atom. The molecule has 0 unspecified atom stereocenters. The molecule has 0 aliphatic carbocycles. The Labute approximate surface area is 105 Å². The topological polar surface area (TPSA) is 46.3 Å². The third-order valence-electron chi connectivity index (χ3n) is 2.18. The number of halogens is 2. The van der Waals surface area contributed by atoms with E-state index in [1.807, 2.05) is 6.92 Å². The van der Waals surface area contributed by atoms with Crippen molar-refractivity contribution in [2.24, 2.45) is 5.73 Å². The zero-order chi connectivity index (χ0) is 12.1. The molecular weight excluding hydrogens is 247 g/mol. The van der Waals surface area contributed by atoms with Crippen LogP contribution in [0.1, 0.15) is 13.3 Å². The van der Waals surface area contributed by atoms with Gasteiger partial charge in [-0.3, -0.25) is 4.79 Å². The van der Waals surface area contributed by atoms with Gasteiger partial charge < -0.3 is 10.6 Å². The number of hydrogen-bond acceptors (Lipinski definition) is 2. The standard InChI is InChI=1S/C11H14Cl2N2O/c1-2-15(10(16)6-7-14)11-8(12)4-3-5-9(11)13/h3-5H,2,6-7,14H2,1H3. The van der Waals surface area contributed by atoms with Gasteiger partial charge in [-0.15, -0.1) is 0 Å². The van der Waals surface area contributed by atoms with Gasteiger partial charge in [-0.05, 0) is 19.1 Å². The van der Waals surface area contributed by atoms with Crippen LogP contribution in [0.25, 0.3) is 0 Å². The van der Waals surface area contributed by atoms with Gasteiger partial charge in [-0.25, -0.2) is 0 Å². The first-order valence-corrected chi connectivity index (χ1v) is 5.81. The summed E-state index contributed by atoms with van der Waals surface area (Å²) in [5.41, 5.74) is 5.92. The molecule has 16 heavy (non-hydrogen) atoms. The van der Waals surface area contributed by atoms with E-state index in [1.54, 1.807) is 23.1 Å². The molecule has 1 amide bonds. The van der Waals surface area contributed by atoms with Crippen LogP contribution < -0.4 is 10.6 Å². The first kappa shape index (κ1) is 13.3. The lowest BCUT2D eigenvalue weighted by Crippen LogP contribution is -2.32. The van der Waals surface area contributed by atoms with Gasteiger partial charge in [0.1, 0.15) is 0 Å². The number of benzene rings is 1. The number of carbonyl (C=O) groups is 1. The van der Waals surface area contributed by atoms with Crippen LogP contribution in [0.5, 0.6) is 0 Å². The van der Waals surface area contributed by atoms with Crippen molar-refractivity contribution in [2.75, 3.05) is 18.0 Å². The van der Waals surface area contributed by atoms with Crippen molar-refractivity contribution in [1.82, 2.24) is 0 Å². The molecule has 3 nitrogen and oxygen atoms in total. The van der Waals surface area contributed by atoms with E-state index >= 15 is 0 Å². The van der Waals surface area contributed by atoms with E-state index in [2.05, 4.69) is 0 Å². The molecule has 88 valence electrons. The second-order valence-electron chi connectivity index (χ2n) is 3.25. The molecule has 0 radical (unpaired) electrons. The third-order valence-corrected chi connectivity index (χ3v) is 2.79. The average molecular weight is 261 g/mol. The zero-order valence-corrected chi connectivity index (χ0v) is 10.6. The van der Waals surface area contributed by atoms with Crippen LogP contribution in [-0.4, -0.2) is 19.0 Å². The molecule has 0 aliphatic rings. The minimum atomic E-state index is -0.0694. The van der Waals surface area contributed by atoms with Crippen LogP contribution in [0.3, 0.4) is 0 Å². The summed E-state index contributed by atoms with van der Waals surface area (Å²) in [6.45, 7) is 2.70. The Morgan fingerprint density at radius 2 is 1.94 bits per heavy atom. The number of nitrogens with two attached hydrogens (primary N) is 1. The molecule has 0 saturated carbocycles. The van der Waals surface area contributed by atoms with Gasteiger partial charge in [-0.1, -0.05) is 29.3 Å². The zero-order valence-electron chi connectivity index (χ0n) is 9.04. The fourth-order valence-corrected chi connectivity index (χ4v) is 2.07. The fraction of sp³-hybridized carbons (Fsp3) is 0.364. The maximum atomic E-state index is 11.8. The normalized spacial score (nSPS) is 10.2. The van der Waals surface area contributed by atoms with E-state index in [0.29, 0.717) is 28.8 Å². The van der Waals surface area contributed by atoms with E-state index in [9.17, 15) is 4.79 Å². The first-order valence-electron chi connectivity index (χ1n) is 5.06. The Morgan fingerprint density at radius 3 is 2.38 bits per heavy atom. The number of para-hydroxylation sites is 1. The van der Waals surface area contributed by atoms with Crippen molar-refractivity contribution in [2.45, 2.75) is 13.3 Å². The lowest BCUT2D eigenvalue weighted by Gasteiger charge is -2.23. The van der Waals surface area contributed by atoms with E-state index < -0.39 is 0 Å². The predicted octanol–water partition coefficient (Wildman–Crippen LogP) is 2.70. The second-order valence-corrected chi connectivity index (χ2v) is 4.06. The molecule has 0 aromatic heterocycles. The summed E-state index contributed by atoms with van der Waals surface area (Å²) in [5, 5.41) is 0.944. The van der Waals surface area contributed by atoms with Crippen molar-refractivity contribution in [1.29, 1.82) is 0 Å². The summed E-state index contributed by atoms with van der Waals surface area (Å²) in [6.07, 6.45) is 0.287. The summed E-state index contributed by atoms with van der Waals surface area (Å²) in [7, 11) is 0. The lowest BCUT2D eigenvalue weighted by molar-refractivity contribution is -0.118. The molecule has 0 saturated heterocycles. The summed E-state index contributed by atoms with van der Waals surface area (Å²) >= 11 is 12.1. The molecule has 0 fully saturated rings. The summed E-state index contributed by atoms with van der Waals surface area (Å²) in [5.74, 6) is -0.0694. The Bertz CT molecular complexity index is 362. The van der Waals surface area contributed by atoms with Crippen molar-refractivity contribution < 1.29 is 4.79 Å². The van der Waals surface area contributed by atoms with Crippen LogP contribution in [0.15, 0.2) is 18.2 Å². The van der Waals surface area contributed by atoms with Crippen LogP contribution in [0, 0.1) is 0 Å². The SMILES string of the molecule is CCN(C(=O)CCN)c1c(Cl)cccc1Cl. The molecular formula is C11H14Cl2N2O. The smallest absolute Gasteiger partial charge is 0.228 e. The molecule has 1 aromatic carbocycles. The van der Waals surface area contributed by atoms with Crippen molar-refractivity contribution >= 4 is 34.8 Å². The Balaban J connectivity index is 3.08. The Kier molecular flexibility index (Phi) is 5.06. The first-order chi connectivity index (χ1) is 7.61. The van der Waals surface area contributed by atoms with Gasteiger partial charge in [0, 0.05) is 19.5 Å². The van der Waals surface area contributed by atoms with Gasteiger partial charge in [0.05, 0.1) is 15.7 Å². The molecule has 5 heteroatoms. The molecule has 1 aromatic rings. The second kappa shape index (κ2) is 6.09. The maximum Gasteiger partial charge on any atom is 0.228 e. The fourth-order valence-electron chi connectivity index (χ4n) is 1.46. The molecule has 0 spiro atoms. The van der Waals surface area contributed by atoms with Crippen molar-refractivity contribution in [3.05, 3.63) is 28.2 Å². The number of amides is 1. The number of anilines is 1. The van der Waals surface area contributed by atoms with Gasteiger partial charge in [0.2, 0.25) is 5.91 Å². The van der Waals surface area contributed by atoms with E-state index in [0.717, 1.165) is 0 Å². The maximum absolute atomic E-state index is 11.8. The van der Waals surface area contributed by atoms with Gasteiger partial charge >= 0.3 is 0 Å². The molecule has 0 heterocycles. The van der Waals surface area contributed by atoms with Crippen LogP contribution >= 0.6 is 23.2 Å². The molecule has 0 bridgehead atoms. The van der Waals surface area contributed by atoms with Crippen LogP contribution in [0.4, 0.5) is 5.69 Å². The minimum absolute atomic E-state index is 0.0694. The summed E-state index contributed by atoms with van der Waals surface area (Å²) in [6, 6.07) is 5.16. The van der Waals surface area contributed by atoms with E-state index in [1.165, 1.54) is 0 Å². The lowest BCUT2D eigenvalue weighted by atomic mass is 10.2. The van der Waals surface area contributed by atoms with E-state index in [-0.39, 0.29) is 12.3 Å². The highest BCUT2D eigenvalue weighted by Crippen LogP contribution is 2.33. The highest BCUT2D eigenvalue weighted by Gasteiger charge is 2.18.